The molecule has 5 rings (SSSR count). The lowest BCUT2D eigenvalue weighted by atomic mass is 9.88. The second-order valence-corrected chi connectivity index (χ2v) is 9.76. The fraction of sp³-hybridized carbons (Fsp3) is 0.310. The highest BCUT2D eigenvalue weighted by molar-refractivity contribution is 7.22. The number of aromatic nitrogens is 1. The maximum Gasteiger partial charge on any atom is 0.229 e. The third-order valence-corrected chi connectivity index (χ3v) is 7.44. The number of carbonyl (C=O) groups excluding carboxylic acids is 1. The van der Waals surface area contributed by atoms with Gasteiger partial charge in [0.05, 0.1) is 24.0 Å². The zero-order valence-corrected chi connectivity index (χ0v) is 20.7. The molecule has 0 aliphatic carbocycles. The van der Waals surface area contributed by atoms with Crippen molar-refractivity contribution in [2.75, 3.05) is 24.7 Å². The lowest BCUT2D eigenvalue weighted by Gasteiger charge is -2.26. The SMILES string of the molecule is CCOc1cccc2sc(N(C[C@@H]3CCCO3)C(=O)CC(c3ccccc3)c3ccccc3)nc12. The third-order valence-electron chi connectivity index (χ3n) is 6.40. The third kappa shape index (κ3) is 5.39. The number of fused-ring (bicyclic) bond motifs is 1. The average Bonchev–Trinajstić information content (AvgIpc) is 3.57. The van der Waals surface area contributed by atoms with Crippen LogP contribution in [0.15, 0.2) is 78.9 Å². The van der Waals surface area contributed by atoms with Gasteiger partial charge in [0.1, 0.15) is 11.3 Å². The van der Waals surface area contributed by atoms with Crippen LogP contribution in [0.1, 0.15) is 43.2 Å². The van der Waals surface area contributed by atoms with Crippen LogP contribution in [0.2, 0.25) is 0 Å². The Morgan fingerprint density at radius 1 is 1.06 bits per heavy atom. The summed E-state index contributed by atoms with van der Waals surface area (Å²) in [6, 6.07) is 26.5. The van der Waals surface area contributed by atoms with E-state index in [4.69, 9.17) is 14.5 Å². The minimum absolute atomic E-state index is 0.0317. The highest BCUT2D eigenvalue weighted by Gasteiger charge is 2.29. The van der Waals surface area contributed by atoms with E-state index in [0.29, 0.717) is 24.7 Å². The molecule has 0 saturated carbocycles. The van der Waals surface area contributed by atoms with Crippen molar-refractivity contribution in [3.63, 3.8) is 0 Å². The van der Waals surface area contributed by atoms with Crippen molar-refractivity contribution in [1.29, 1.82) is 0 Å². The number of nitrogens with zero attached hydrogens (tertiary/aromatic N) is 2. The van der Waals surface area contributed by atoms with Crippen LogP contribution < -0.4 is 9.64 Å². The first kappa shape index (κ1) is 23.5. The number of carbonyl (C=O) groups is 1. The van der Waals surface area contributed by atoms with Crippen LogP contribution in [0.4, 0.5) is 5.13 Å². The first-order valence-electron chi connectivity index (χ1n) is 12.3. The van der Waals surface area contributed by atoms with E-state index in [1.165, 1.54) is 11.3 Å². The normalized spacial score (nSPS) is 15.5. The van der Waals surface area contributed by atoms with E-state index < -0.39 is 0 Å². The van der Waals surface area contributed by atoms with Gasteiger partial charge in [-0.15, -0.1) is 0 Å². The molecule has 35 heavy (non-hydrogen) atoms. The zero-order chi connectivity index (χ0) is 24.0. The molecule has 3 aromatic carbocycles. The van der Waals surface area contributed by atoms with Gasteiger partial charge in [0.2, 0.25) is 5.91 Å². The lowest BCUT2D eigenvalue weighted by Crippen LogP contribution is -2.38. The lowest BCUT2D eigenvalue weighted by molar-refractivity contribution is -0.119. The van der Waals surface area contributed by atoms with Crippen molar-refractivity contribution in [1.82, 2.24) is 4.98 Å². The zero-order valence-electron chi connectivity index (χ0n) is 19.9. The molecule has 5 nitrogen and oxygen atoms in total. The molecule has 1 atom stereocenters. The summed E-state index contributed by atoms with van der Waals surface area (Å²) in [5.41, 5.74) is 3.07. The molecule has 0 unspecified atom stereocenters. The Balaban J connectivity index is 1.49. The molecule has 0 bridgehead atoms. The second-order valence-electron chi connectivity index (χ2n) is 8.75. The minimum Gasteiger partial charge on any atom is -0.492 e. The molecule has 1 saturated heterocycles. The largest absolute Gasteiger partial charge is 0.492 e. The van der Waals surface area contributed by atoms with Gasteiger partial charge >= 0.3 is 0 Å². The van der Waals surface area contributed by atoms with Gasteiger partial charge < -0.3 is 9.47 Å². The van der Waals surface area contributed by atoms with Gasteiger partial charge in [-0.2, -0.15) is 0 Å². The summed E-state index contributed by atoms with van der Waals surface area (Å²) in [5.74, 6) is 0.768. The van der Waals surface area contributed by atoms with Crippen LogP contribution in [0, 0.1) is 0 Å². The first-order chi connectivity index (χ1) is 17.2. The number of hydrogen-bond acceptors (Lipinski definition) is 5. The molecule has 1 aliphatic heterocycles. The molecule has 2 heterocycles. The monoisotopic (exact) mass is 486 g/mol. The van der Waals surface area contributed by atoms with Gasteiger partial charge in [-0.05, 0) is 43.0 Å². The van der Waals surface area contributed by atoms with E-state index in [2.05, 4.69) is 24.3 Å². The predicted octanol–water partition coefficient (Wildman–Crippen LogP) is 6.43. The Morgan fingerprint density at radius 2 is 1.77 bits per heavy atom. The number of benzene rings is 3. The van der Waals surface area contributed by atoms with Crippen LogP contribution >= 0.6 is 11.3 Å². The number of thiazole rings is 1. The van der Waals surface area contributed by atoms with Crippen molar-refractivity contribution in [2.24, 2.45) is 0 Å². The summed E-state index contributed by atoms with van der Waals surface area (Å²) in [6.45, 7) is 3.80. The van der Waals surface area contributed by atoms with E-state index in [0.717, 1.165) is 46.5 Å². The summed E-state index contributed by atoms with van der Waals surface area (Å²) in [4.78, 5) is 20.7. The van der Waals surface area contributed by atoms with Gasteiger partial charge in [-0.1, -0.05) is 78.1 Å². The minimum atomic E-state index is -0.0368. The van der Waals surface area contributed by atoms with Gasteiger partial charge in [-0.25, -0.2) is 4.98 Å². The van der Waals surface area contributed by atoms with Crippen molar-refractivity contribution in [3.05, 3.63) is 90.0 Å². The average molecular weight is 487 g/mol. The van der Waals surface area contributed by atoms with Gasteiger partial charge in [-0.3, -0.25) is 9.69 Å². The number of para-hydroxylation sites is 1. The Bertz CT molecular complexity index is 1210. The second kappa shape index (κ2) is 11.0. The van der Waals surface area contributed by atoms with Crippen LogP contribution in [-0.4, -0.2) is 36.8 Å². The highest BCUT2D eigenvalue weighted by Crippen LogP contribution is 2.36. The molecule has 6 heteroatoms. The van der Waals surface area contributed by atoms with Gasteiger partial charge in [0.15, 0.2) is 5.13 Å². The van der Waals surface area contributed by atoms with Crippen molar-refractivity contribution in [3.8, 4) is 5.75 Å². The molecule has 1 aromatic heterocycles. The van der Waals surface area contributed by atoms with E-state index in [1.54, 1.807) is 0 Å². The molecule has 1 amide bonds. The van der Waals surface area contributed by atoms with E-state index in [9.17, 15) is 4.79 Å². The summed E-state index contributed by atoms with van der Waals surface area (Å²) in [6.07, 6.45) is 2.37. The highest BCUT2D eigenvalue weighted by atomic mass is 32.1. The molecule has 0 N–H and O–H groups in total. The number of rotatable bonds is 9. The van der Waals surface area contributed by atoms with Crippen LogP contribution in [-0.2, 0) is 9.53 Å². The first-order valence-corrected chi connectivity index (χ1v) is 13.1. The Morgan fingerprint density at radius 3 is 2.40 bits per heavy atom. The maximum atomic E-state index is 14.0. The molecule has 0 radical (unpaired) electrons. The maximum absolute atomic E-state index is 14.0. The van der Waals surface area contributed by atoms with E-state index in [1.807, 2.05) is 66.4 Å². The van der Waals surface area contributed by atoms with Crippen molar-refractivity contribution >= 4 is 32.6 Å². The van der Waals surface area contributed by atoms with Crippen LogP contribution in [0.5, 0.6) is 5.75 Å². The summed E-state index contributed by atoms with van der Waals surface area (Å²) in [7, 11) is 0. The van der Waals surface area contributed by atoms with E-state index >= 15 is 0 Å². The Hall–Kier alpha value is -3.22. The molecule has 4 aromatic rings. The van der Waals surface area contributed by atoms with Gasteiger partial charge in [0.25, 0.3) is 0 Å². The molecule has 0 spiro atoms. The standard InChI is InChI=1S/C29H30N2O3S/c1-2-33-25-16-9-17-26-28(25)30-29(35-26)31(20-23-15-10-18-34-23)27(32)19-24(21-11-5-3-6-12-21)22-13-7-4-8-14-22/h3-9,11-14,16-17,23-24H,2,10,15,18-20H2,1H3/t23-/m0/s1. The molecule has 1 fully saturated rings. The smallest absolute Gasteiger partial charge is 0.229 e. The molecular formula is C29H30N2O3S. The Labute approximate surface area is 210 Å². The fourth-order valence-corrected chi connectivity index (χ4v) is 5.67. The summed E-state index contributed by atoms with van der Waals surface area (Å²) >= 11 is 1.53. The van der Waals surface area contributed by atoms with E-state index in [-0.39, 0.29) is 17.9 Å². The van der Waals surface area contributed by atoms with Crippen LogP contribution in [0.25, 0.3) is 10.2 Å². The molecular weight excluding hydrogens is 456 g/mol. The van der Waals surface area contributed by atoms with Crippen LogP contribution in [0.3, 0.4) is 0 Å². The van der Waals surface area contributed by atoms with Crippen molar-refractivity contribution < 1.29 is 14.3 Å². The molecule has 180 valence electrons. The van der Waals surface area contributed by atoms with Crippen molar-refractivity contribution in [2.45, 2.75) is 38.2 Å². The Kier molecular flexibility index (Phi) is 7.40. The fourth-order valence-electron chi connectivity index (χ4n) is 4.66. The summed E-state index contributed by atoms with van der Waals surface area (Å²) in [5, 5.41) is 0.701. The number of ether oxygens (including phenoxy) is 2. The summed E-state index contributed by atoms with van der Waals surface area (Å²) < 4.78 is 12.7. The number of anilines is 1. The topological polar surface area (TPSA) is 51.7 Å². The predicted molar refractivity (Wildman–Crippen MR) is 141 cm³/mol. The number of amides is 1. The number of hydrogen-bond donors (Lipinski definition) is 0. The quantitative estimate of drug-likeness (QED) is 0.274. The molecule has 1 aliphatic rings. The van der Waals surface area contributed by atoms with Gasteiger partial charge in [0, 0.05) is 18.9 Å².